The van der Waals surface area contributed by atoms with E-state index in [9.17, 15) is 14.4 Å². The van der Waals surface area contributed by atoms with Gasteiger partial charge in [0.05, 0.1) is 0 Å². The number of hydrogen-bond acceptors (Lipinski definition) is 6. The van der Waals surface area contributed by atoms with Gasteiger partial charge in [-0.15, -0.1) is 0 Å². The summed E-state index contributed by atoms with van der Waals surface area (Å²) >= 11 is 0. The topological polar surface area (TPSA) is 78.9 Å². The summed E-state index contributed by atoms with van der Waals surface area (Å²) in [6.07, 6.45) is 62.0. The van der Waals surface area contributed by atoms with Gasteiger partial charge in [0.2, 0.25) is 0 Å². The third-order valence-electron chi connectivity index (χ3n) is 11.2. The Balaban J connectivity index is 4.39. The quantitative estimate of drug-likeness (QED) is 0.0262. The van der Waals surface area contributed by atoms with E-state index in [1.165, 1.54) is 116 Å². The van der Waals surface area contributed by atoms with Crippen LogP contribution in [0.1, 0.15) is 258 Å². The average molecular weight is 867 g/mol. The van der Waals surface area contributed by atoms with Crippen LogP contribution in [0, 0.1) is 0 Å². The predicted molar refractivity (Wildman–Crippen MR) is 265 cm³/mol. The molecule has 0 amide bonds. The largest absolute Gasteiger partial charge is 0.462 e. The number of rotatable bonds is 47. The molecule has 0 aliphatic heterocycles. The van der Waals surface area contributed by atoms with Crippen LogP contribution in [-0.4, -0.2) is 37.2 Å². The zero-order valence-corrected chi connectivity index (χ0v) is 40.9. The fourth-order valence-electron chi connectivity index (χ4n) is 7.19. The molecule has 6 nitrogen and oxygen atoms in total. The highest BCUT2D eigenvalue weighted by atomic mass is 16.6. The lowest BCUT2D eigenvalue weighted by Crippen LogP contribution is -2.30. The van der Waals surface area contributed by atoms with Crippen molar-refractivity contribution in [2.45, 2.75) is 264 Å². The molecule has 0 aromatic rings. The van der Waals surface area contributed by atoms with Crippen LogP contribution in [0.3, 0.4) is 0 Å². The van der Waals surface area contributed by atoms with Gasteiger partial charge in [0.25, 0.3) is 0 Å². The van der Waals surface area contributed by atoms with Crippen molar-refractivity contribution in [1.82, 2.24) is 0 Å². The lowest BCUT2D eigenvalue weighted by molar-refractivity contribution is -0.167. The van der Waals surface area contributed by atoms with Gasteiger partial charge < -0.3 is 14.2 Å². The smallest absolute Gasteiger partial charge is 0.306 e. The first-order valence-electron chi connectivity index (χ1n) is 26.3. The van der Waals surface area contributed by atoms with Gasteiger partial charge in [-0.25, -0.2) is 0 Å². The highest BCUT2D eigenvalue weighted by molar-refractivity contribution is 5.71. The van der Waals surface area contributed by atoms with Crippen molar-refractivity contribution in [2.75, 3.05) is 13.2 Å². The normalized spacial score (nSPS) is 12.5. The lowest BCUT2D eigenvalue weighted by atomic mass is 10.1. The Kier molecular flexibility index (Phi) is 48.4. The zero-order valence-electron chi connectivity index (χ0n) is 40.9. The molecular weight excluding hydrogens is 769 g/mol. The average Bonchev–Trinajstić information content (AvgIpc) is 3.27. The predicted octanol–water partition coefficient (Wildman–Crippen LogP) is 17.3. The van der Waals surface area contributed by atoms with E-state index in [0.717, 1.165) is 103 Å². The van der Waals surface area contributed by atoms with Crippen LogP contribution in [0.5, 0.6) is 0 Å². The highest BCUT2D eigenvalue weighted by Crippen LogP contribution is 2.14. The number of carbonyl (C=O) groups is 3. The van der Waals surface area contributed by atoms with Crippen LogP contribution in [0.25, 0.3) is 0 Å². The monoisotopic (exact) mass is 867 g/mol. The van der Waals surface area contributed by atoms with E-state index in [0.29, 0.717) is 19.3 Å². The van der Waals surface area contributed by atoms with Crippen LogP contribution < -0.4 is 0 Å². The third-order valence-corrected chi connectivity index (χ3v) is 11.2. The molecule has 0 aliphatic rings. The summed E-state index contributed by atoms with van der Waals surface area (Å²) < 4.78 is 16.8. The summed E-state index contributed by atoms with van der Waals surface area (Å²) in [6, 6.07) is 0. The Morgan fingerprint density at radius 3 is 0.984 bits per heavy atom. The van der Waals surface area contributed by atoms with Gasteiger partial charge in [0.15, 0.2) is 6.10 Å². The third kappa shape index (κ3) is 48.1. The van der Waals surface area contributed by atoms with Gasteiger partial charge in [-0.2, -0.15) is 0 Å². The van der Waals surface area contributed by atoms with Crippen LogP contribution in [0.15, 0.2) is 60.8 Å². The van der Waals surface area contributed by atoms with E-state index in [2.05, 4.69) is 81.5 Å². The number of allylic oxidation sites excluding steroid dienone is 10. The van der Waals surface area contributed by atoms with Crippen LogP contribution in [0.2, 0.25) is 0 Å². The zero-order chi connectivity index (χ0) is 45.1. The van der Waals surface area contributed by atoms with Gasteiger partial charge in [0, 0.05) is 19.3 Å². The van der Waals surface area contributed by atoms with Gasteiger partial charge in [0.1, 0.15) is 13.2 Å². The Labute approximate surface area is 383 Å². The maximum Gasteiger partial charge on any atom is 0.306 e. The summed E-state index contributed by atoms with van der Waals surface area (Å²) in [7, 11) is 0. The molecule has 62 heavy (non-hydrogen) atoms. The fourth-order valence-corrected chi connectivity index (χ4v) is 7.19. The van der Waals surface area contributed by atoms with Gasteiger partial charge in [-0.3, -0.25) is 14.4 Å². The van der Waals surface area contributed by atoms with E-state index in [1.54, 1.807) is 0 Å². The van der Waals surface area contributed by atoms with E-state index in [-0.39, 0.29) is 31.1 Å². The lowest BCUT2D eigenvalue weighted by Gasteiger charge is -2.18. The summed E-state index contributed by atoms with van der Waals surface area (Å²) in [4.78, 5) is 38.0. The second kappa shape index (κ2) is 50.8. The molecule has 0 radical (unpaired) electrons. The molecule has 0 spiro atoms. The Morgan fingerprint density at radius 2 is 0.597 bits per heavy atom. The Hall–Kier alpha value is -2.89. The fraction of sp³-hybridized carbons (Fsp3) is 0.768. The standard InChI is InChI=1S/C56H98O6/c1-4-7-10-13-16-19-22-24-26-27-28-30-31-34-37-40-43-46-49-55(58)61-52-53(51-60-54(57)48-45-42-39-36-33-21-18-15-12-9-6-3)62-56(59)50-47-44-41-38-35-32-29-25-23-20-17-14-11-8-5-2/h15,17-20,22,25-27,29,53H,4-14,16,21,23-24,28,30-52H2,1-3H3/b18-15-,20-17-,22-19-,27-26-,29-25-. The van der Waals surface area contributed by atoms with Gasteiger partial charge in [-0.05, 0) is 103 Å². The molecule has 0 N–H and O–H groups in total. The van der Waals surface area contributed by atoms with E-state index >= 15 is 0 Å². The maximum atomic E-state index is 12.8. The summed E-state index contributed by atoms with van der Waals surface area (Å²) in [5.41, 5.74) is 0. The molecular formula is C56H98O6. The Morgan fingerprint density at radius 1 is 0.323 bits per heavy atom. The van der Waals surface area contributed by atoms with Gasteiger partial charge in [-0.1, -0.05) is 197 Å². The summed E-state index contributed by atoms with van der Waals surface area (Å²) in [5, 5.41) is 0. The molecule has 0 saturated carbocycles. The molecule has 6 heteroatoms. The molecule has 0 bridgehead atoms. The second-order valence-electron chi connectivity index (χ2n) is 17.4. The molecule has 0 aromatic heterocycles. The summed E-state index contributed by atoms with van der Waals surface area (Å²) in [5.74, 6) is -0.914. The molecule has 0 fully saturated rings. The maximum absolute atomic E-state index is 12.8. The van der Waals surface area contributed by atoms with Crippen LogP contribution in [-0.2, 0) is 28.6 Å². The minimum absolute atomic E-state index is 0.0866. The van der Waals surface area contributed by atoms with Crippen LogP contribution in [0.4, 0.5) is 0 Å². The molecule has 1 atom stereocenters. The molecule has 0 aliphatic carbocycles. The van der Waals surface area contributed by atoms with Crippen molar-refractivity contribution in [3.63, 3.8) is 0 Å². The first-order chi connectivity index (χ1) is 30.5. The van der Waals surface area contributed by atoms with E-state index < -0.39 is 6.10 Å². The minimum atomic E-state index is -0.787. The molecule has 0 aromatic carbocycles. The highest BCUT2D eigenvalue weighted by Gasteiger charge is 2.19. The summed E-state index contributed by atoms with van der Waals surface area (Å²) in [6.45, 7) is 6.54. The molecule has 0 rings (SSSR count). The van der Waals surface area contributed by atoms with Crippen molar-refractivity contribution in [3.8, 4) is 0 Å². The number of carbonyl (C=O) groups excluding carboxylic acids is 3. The first kappa shape index (κ1) is 59.1. The van der Waals surface area contributed by atoms with Crippen molar-refractivity contribution in [2.24, 2.45) is 0 Å². The number of hydrogen-bond donors (Lipinski definition) is 0. The van der Waals surface area contributed by atoms with Crippen molar-refractivity contribution >= 4 is 17.9 Å². The van der Waals surface area contributed by atoms with Crippen LogP contribution >= 0.6 is 0 Å². The minimum Gasteiger partial charge on any atom is -0.462 e. The molecule has 0 heterocycles. The number of esters is 3. The molecule has 1 unspecified atom stereocenters. The van der Waals surface area contributed by atoms with Gasteiger partial charge >= 0.3 is 17.9 Å². The second-order valence-corrected chi connectivity index (χ2v) is 17.4. The number of unbranched alkanes of at least 4 members (excludes halogenated alkanes) is 26. The first-order valence-corrected chi connectivity index (χ1v) is 26.3. The van der Waals surface area contributed by atoms with Crippen molar-refractivity contribution in [1.29, 1.82) is 0 Å². The molecule has 0 saturated heterocycles. The van der Waals surface area contributed by atoms with E-state index in [4.69, 9.17) is 14.2 Å². The van der Waals surface area contributed by atoms with Crippen molar-refractivity contribution in [3.05, 3.63) is 60.8 Å². The SMILES string of the molecule is CCCC/C=C\CCCCCCCC(=O)OCC(COC(=O)CCCCCCCCC/C=C\C/C=C\CCCCCC)OC(=O)CCCCCCC/C=C\C/C=C\CCCCC. The van der Waals surface area contributed by atoms with E-state index in [1.807, 2.05) is 0 Å². The molecule has 358 valence electrons. The number of ether oxygens (including phenoxy) is 3. The Bertz CT molecular complexity index is 1130. The van der Waals surface area contributed by atoms with Crippen molar-refractivity contribution < 1.29 is 28.6 Å².